The number of hydrogen-bond acceptors (Lipinski definition) is 17. The van der Waals surface area contributed by atoms with E-state index in [1.54, 1.807) is 0 Å². The molecule has 19 N–H and O–H groups in total. The summed E-state index contributed by atoms with van der Waals surface area (Å²) >= 11 is 7.91. The van der Waals surface area contributed by atoms with Crippen LogP contribution in [0.5, 0.6) is 0 Å². The minimum Gasteiger partial charge on any atom is -0.480 e. The number of primary amides is 1. The minimum atomic E-state index is -1.65. The molecule has 9 amide bonds. The zero-order valence-electron chi connectivity index (χ0n) is 37.7. The topological polar surface area (TPSA) is 453 Å². The molecule has 384 valence electrons. The van der Waals surface area contributed by atoms with Crippen LogP contribution in [0.15, 0.2) is 4.99 Å². The number of amides is 9. The number of nitrogens with one attached hydrogen (secondary N) is 6. The molecule has 0 spiro atoms. The molecule has 2 aliphatic heterocycles. The molecule has 0 aromatic carbocycles. The molecule has 0 aromatic rings. The van der Waals surface area contributed by atoms with Crippen LogP contribution in [0.25, 0.3) is 0 Å². The van der Waals surface area contributed by atoms with Gasteiger partial charge in [-0.05, 0) is 70.8 Å². The second kappa shape index (κ2) is 30.1. The van der Waals surface area contributed by atoms with Gasteiger partial charge in [0, 0.05) is 37.6 Å². The van der Waals surface area contributed by atoms with Crippen LogP contribution >= 0.6 is 25.3 Å². The van der Waals surface area contributed by atoms with Gasteiger partial charge in [0.2, 0.25) is 53.2 Å². The van der Waals surface area contributed by atoms with Crippen molar-refractivity contribution in [3.8, 4) is 0 Å². The molecule has 9 atom stereocenters. The predicted octanol–water partition coefficient (Wildman–Crippen LogP) is -7.42. The van der Waals surface area contributed by atoms with Crippen LogP contribution in [-0.2, 0) is 47.9 Å². The number of thiol groups is 2. The van der Waals surface area contributed by atoms with Gasteiger partial charge >= 0.3 is 5.97 Å². The zero-order valence-corrected chi connectivity index (χ0v) is 39.5. The van der Waals surface area contributed by atoms with Crippen LogP contribution in [0.1, 0.15) is 70.6 Å². The fourth-order valence-electron chi connectivity index (χ4n) is 7.37. The number of likely N-dealkylation sites (tertiary alicyclic amines) is 2. The second-order valence-corrected chi connectivity index (χ2v) is 16.9. The number of aliphatic hydroxyl groups is 2. The van der Waals surface area contributed by atoms with Crippen LogP contribution in [0, 0.1) is 0 Å². The Morgan fingerprint density at radius 3 is 1.47 bits per heavy atom. The standard InChI is InChI=1S/C39H68N14O13S2/c40-12-2-1-6-21(46-33(60)23(10-11-29(42)56)48-35(62)28-9-5-14-52(28)36(63)24(16-54)49-30(57)20(41)18-67)31(58)50-25(17-55)37(64)53-15-4-8-27(53)34(61)47-22(7-3-13-45-39(43)44)32(59)51-26(19-68)38(65)66/h20-28,54-55,67-68H,1-19,40-41H2,(H2,42,56)(H,46,60)(H,47,61)(H,48,62)(H,49,57)(H,50,58)(H,51,59)(H,65,66)(H4,43,44,45)/t20-,21-,22-,23-,24-,25-,26-,27-,28-/m0/s1. The first-order valence-electron chi connectivity index (χ1n) is 22.1. The summed E-state index contributed by atoms with van der Waals surface area (Å²) in [6, 6.07) is -12.1. The summed E-state index contributed by atoms with van der Waals surface area (Å²) in [5, 5.41) is 44.4. The molecule has 0 unspecified atom stereocenters. The molecule has 0 saturated carbocycles. The Hall–Kier alpha value is -5.49. The molecule has 2 fully saturated rings. The van der Waals surface area contributed by atoms with Crippen molar-refractivity contribution < 1.29 is 63.3 Å². The first-order valence-corrected chi connectivity index (χ1v) is 23.4. The van der Waals surface area contributed by atoms with Gasteiger partial charge in [-0.1, -0.05) is 0 Å². The summed E-state index contributed by atoms with van der Waals surface area (Å²) in [6.07, 6.45) is 0.935. The molecular formula is C39H68N14O13S2. The molecule has 0 aliphatic carbocycles. The number of aliphatic imine (C=N–C) groups is 1. The Kier molecular flexibility index (Phi) is 25.9. The molecule has 68 heavy (non-hydrogen) atoms. The van der Waals surface area contributed by atoms with Crippen molar-refractivity contribution >= 4 is 90.4 Å². The highest BCUT2D eigenvalue weighted by Crippen LogP contribution is 2.21. The quantitative estimate of drug-likeness (QED) is 0.0138. The minimum absolute atomic E-state index is 0.00678. The maximum atomic E-state index is 13.9. The summed E-state index contributed by atoms with van der Waals surface area (Å²) in [5.74, 6) is -9.49. The molecule has 2 aliphatic rings. The SMILES string of the molecule is NCCCC[C@H](NC(=O)[C@H](CCC(N)=O)NC(=O)[C@@H]1CCCN1C(=O)[C@H](CO)NC(=O)[C@@H](N)CS)C(=O)N[C@@H](CO)C(=O)N1CCC[C@H]1C(=O)N[C@@H](CCCN=C(N)N)C(=O)N[C@@H](CS)C(=O)O. The third-order valence-corrected chi connectivity index (χ3v) is 11.8. The third-order valence-electron chi connectivity index (χ3n) is 11.1. The number of aliphatic hydroxyl groups excluding tert-OH is 2. The van der Waals surface area contributed by atoms with Gasteiger partial charge in [0.25, 0.3) is 0 Å². The summed E-state index contributed by atoms with van der Waals surface area (Å²) in [5.41, 5.74) is 27.5. The van der Waals surface area contributed by atoms with Crippen molar-refractivity contribution in [1.82, 2.24) is 41.7 Å². The molecule has 0 aromatic heterocycles. The zero-order chi connectivity index (χ0) is 51.1. The summed E-state index contributed by atoms with van der Waals surface area (Å²) in [4.78, 5) is 138. The van der Waals surface area contributed by atoms with Crippen molar-refractivity contribution in [2.45, 2.75) is 125 Å². The van der Waals surface area contributed by atoms with Gasteiger partial charge in [0.15, 0.2) is 5.96 Å². The lowest BCUT2D eigenvalue weighted by Gasteiger charge is -2.31. The van der Waals surface area contributed by atoms with Crippen LogP contribution in [0.4, 0.5) is 0 Å². The highest BCUT2D eigenvalue weighted by atomic mass is 32.1. The number of carbonyl (C=O) groups is 10. The maximum Gasteiger partial charge on any atom is 0.327 e. The van der Waals surface area contributed by atoms with Gasteiger partial charge in [0.1, 0.15) is 48.3 Å². The Morgan fingerprint density at radius 2 is 1.04 bits per heavy atom. The number of aliphatic carboxylic acids is 1. The average Bonchev–Trinajstić information content (AvgIpc) is 4.01. The first kappa shape index (κ1) is 58.6. The monoisotopic (exact) mass is 1000 g/mol. The molecule has 2 heterocycles. The Labute approximate surface area is 403 Å². The Morgan fingerprint density at radius 1 is 0.603 bits per heavy atom. The van der Waals surface area contributed by atoms with Gasteiger partial charge in [-0.25, -0.2) is 4.79 Å². The summed E-state index contributed by atoms with van der Waals surface area (Å²) < 4.78 is 0. The smallest absolute Gasteiger partial charge is 0.327 e. The predicted molar refractivity (Wildman–Crippen MR) is 250 cm³/mol. The number of hydrogen-bond donors (Lipinski definition) is 16. The summed E-state index contributed by atoms with van der Waals surface area (Å²) in [7, 11) is 0. The van der Waals surface area contributed by atoms with Crippen LogP contribution in [0.2, 0.25) is 0 Å². The lowest BCUT2D eigenvalue weighted by molar-refractivity contribution is -0.144. The van der Waals surface area contributed by atoms with Crippen LogP contribution in [0.3, 0.4) is 0 Å². The number of carbonyl (C=O) groups excluding carboxylic acids is 9. The van der Waals surface area contributed by atoms with Gasteiger partial charge in [0.05, 0.1) is 19.3 Å². The van der Waals surface area contributed by atoms with Crippen molar-refractivity contribution in [1.29, 1.82) is 0 Å². The molecule has 2 rings (SSSR count). The highest BCUT2D eigenvalue weighted by Gasteiger charge is 2.41. The van der Waals surface area contributed by atoms with E-state index in [0.29, 0.717) is 19.3 Å². The number of carboxylic acids is 1. The Balaban J connectivity index is 2.29. The molecule has 0 bridgehead atoms. The molecular weight excluding hydrogens is 937 g/mol. The van der Waals surface area contributed by atoms with E-state index in [1.807, 2.05) is 0 Å². The number of guanidine groups is 1. The van der Waals surface area contributed by atoms with E-state index in [0.717, 1.165) is 9.80 Å². The van der Waals surface area contributed by atoms with Gasteiger partial charge in [-0.3, -0.25) is 48.1 Å². The first-order chi connectivity index (χ1) is 32.2. The largest absolute Gasteiger partial charge is 0.480 e. The number of carboxylic acid groups (broad SMARTS) is 1. The molecule has 29 heteroatoms. The Bertz CT molecular complexity index is 1810. The average molecular weight is 1010 g/mol. The fourth-order valence-corrected chi connectivity index (χ4v) is 7.78. The molecule has 27 nitrogen and oxygen atoms in total. The lowest BCUT2D eigenvalue weighted by atomic mass is 10.0. The number of nitrogens with zero attached hydrogens (tertiary/aromatic N) is 3. The highest BCUT2D eigenvalue weighted by molar-refractivity contribution is 7.80. The second-order valence-electron chi connectivity index (χ2n) is 16.2. The van der Waals surface area contributed by atoms with E-state index in [1.165, 1.54) is 0 Å². The lowest BCUT2D eigenvalue weighted by Crippen LogP contribution is -2.60. The molecule has 2 saturated heterocycles. The van der Waals surface area contributed by atoms with Crippen molar-refractivity contribution in [3.05, 3.63) is 0 Å². The van der Waals surface area contributed by atoms with Crippen molar-refractivity contribution in [3.63, 3.8) is 0 Å². The van der Waals surface area contributed by atoms with Gasteiger partial charge < -0.3 is 85.7 Å². The van der Waals surface area contributed by atoms with Gasteiger partial charge in [-0.2, -0.15) is 25.3 Å². The van der Waals surface area contributed by atoms with E-state index in [-0.39, 0.29) is 88.6 Å². The van der Waals surface area contributed by atoms with E-state index < -0.39 is 133 Å². The van der Waals surface area contributed by atoms with Crippen molar-refractivity contribution in [2.24, 2.45) is 33.7 Å². The van der Waals surface area contributed by atoms with E-state index in [4.69, 9.17) is 28.7 Å². The number of nitrogens with two attached hydrogens (primary N) is 5. The van der Waals surface area contributed by atoms with Crippen molar-refractivity contribution in [2.75, 3.05) is 50.9 Å². The van der Waals surface area contributed by atoms with Crippen LogP contribution < -0.4 is 60.6 Å². The maximum absolute atomic E-state index is 13.9. The van der Waals surface area contributed by atoms with Crippen LogP contribution in [-0.4, -0.2) is 195 Å². The normalized spacial score (nSPS) is 18.6. The number of rotatable bonds is 30. The third kappa shape index (κ3) is 18.5. The van der Waals surface area contributed by atoms with E-state index in [2.05, 4.69) is 62.2 Å². The molecule has 0 radical (unpaired) electrons. The van der Waals surface area contributed by atoms with E-state index in [9.17, 15) is 63.3 Å². The van der Waals surface area contributed by atoms with Gasteiger partial charge in [-0.15, -0.1) is 0 Å². The fraction of sp³-hybridized carbons (Fsp3) is 0.718. The van der Waals surface area contributed by atoms with E-state index >= 15 is 0 Å². The summed E-state index contributed by atoms with van der Waals surface area (Å²) in [6.45, 7) is -1.42. The number of unbranched alkanes of at least 4 members (excludes halogenated alkanes) is 1.